The minimum Gasteiger partial charge on any atom is -0.387 e. The first-order valence-electron chi connectivity index (χ1n) is 8.32. The molecule has 2 N–H and O–H groups in total. The highest BCUT2D eigenvalue weighted by atomic mass is 32.2. The highest BCUT2D eigenvalue weighted by molar-refractivity contribution is 7.91. The van der Waals surface area contributed by atoms with Crippen LogP contribution in [0.3, 0.4) is 0 Å². The highest BCUT2D eigenvalue weighted by Gasteiger charge is 2.20. The molecule has 0 fully saturated rings. The van der Waals surface area contributed by atoms with Crippen LogP contribution in [0.1, 0.15) is 24.0 Å². The number of rotatable bonds is 3. The molecule has 2 aromatic rings. The van der Waals surface area contributed by atoms with Crippen molar-refractivity contribution in [1.82, 2.24) is 5.32 Å². The number of nitrogens with one attached hydrogen (secondary N) is 1. The molecule has 0 unspecified atom stereocenters. The summed E-state index contributed by atoms with van der Waals surface area (Å²) in [6.07, 6.45) is 4.18. The van der Waals surface area contributed by atoms with Crippen LogP contribution in [0.2, 0.25) is 0 Å². The van der Waals surface area contributed by atoms with E-state index >= 15 is 0 Å². The van der Waals surface area contributed by atoms with Gasteiger partial charge in [-0.15, -0.1) is 0 Å². The lowest BCUT2D eigenvalue weighted by Gasteiger charge is -2.16. The summed E-state index contributed by atoms with van der Waals surface area (Å²) in [6.45, 7) is -0.420. The molecule has 0 spiro atoms. The molecule has 3 rings (SSSR count). The predicted octanol–water partition coefficient (Wildman–Crippen LogP) is 2.26. The summed E-state index contributed by atoms with van der Waals surface area (Å²) >= 11 is 0. The normalized spacial score (nSPS) is 13.2. The Balaban J connectivity index is 0.000000352. The van der Waals surface area contributed by atoms with E-state index in [1.165, 1.54) is 30.8 Å². The molecule has 0 aliphatic heterocycles. The number of likely N-dealkylation sites (N-methyl/N-ethyl adjacent to an activating group) is 1. The largest absolute Gasteiger partial charge is 0.387 e. The van der Waals surface area contributed by atoms with Gasteiger partial charge in [0.2, 0.25) is 15.7 Å². The molecule has 1 aliphatic carbocycles. The highest BCUT2D eigenvalue weighted by Crippen LogP contribution is 2.27. The Labute approximate surface area is 152 Å². The van der Waals surface area contributed by atoms with E-state index in [2.05, 4.69) is 5.32 Å². The molecule has 0 bridgehead atoms. The van der Waals surface area contributed by atoms with Gasteiger partial charge in [0.1, 0.15) is 12.4 Å². The van der Waals surface area contributed by atoms with Crippen molar-refractivity contribution in [2.75, 3.05) is 13.7 Å². The fourth-order valence-electron chi connectivity index (χ4n) is 2.73. The van der Waals surface area contributed by atoms with Crippen molar-refractivity contribution in [3.05, 3.63) is 59.4 Å². The maximum absolute atomic E-state index is 13.2. The number of aliphatic hydroxyl groups is 1. The number of sulfone groups is 1. The van der Waals surface area contributed by atoms with Gasteiger partial charge in [0, 0.05) is 7.05 Å². The summed E-state index contributed by atoms with van der Waals surface area (Å²) in [5.74, 6) is -0.890. The van der Waals surface area contributed by atoms with E-state index < -0.39 is 22.3 Å². The molecule has 1 aliphatic rings. The molecule has 0 heterocycles. The Morgan fingerprint density at radius 2 is 1.73 bits per heavy atom. The minimum absolute atomic E-state index is 0.00765. The summed E-state index contributed by atoms with van der Waals surface area (Å²) < 4.78 is 38.2. The monoisotopic (exact) mass is 379 g/mol. The molecule has 0 aromatic heterocycles. The van der Waals surface area contributed by atoms with Crippen molar-refractivity contribution in [3.63, 3.8) is 0 Å². The molecule has 1 amide bonds. The summed E-state index contributed by atoms with van der Waals surface area (Å²) in [6, 6.07) is 10.4. The number of carbonyl (C=O) groups is 1. The number of halogens is 1. The zero-order chi connectivity index (χ0) is 19.2. The maximum atomic E-state index is 13.2. The average Bonchev–Trinajstić information content (AvgIpc) is 2.67. The Morgan fingerprint density at radius 3 is 2.31 bits per heavy atom. The summed E-state index contributed by atoms with van der Waals surface area (Å²) in [7, 11) is -2.16. The van der Waals surface area contributed by atoms with Crippen LogP contribution in [-0.4, -0.2) is 33.1 Å². The van der Waals surface area contributed by atoms with E-state index in [1.54, 1.807) is 12.1 Å². The van der Waals surface area contributed by atoms with E-state index in [4.69, 9.17) is 5.11 Å². The van der Waals surface area contributed by atoms with Crippen LogP contribution in [0, 0.1) is 5.82 Å². The Hall–Kier alpha value is -2.25. The van der Waals surface area contributed by atoms with Gasteiger partial charge in [-0.2, -0.15) is 0 Å². The van der Waals surface area contributed by atoms with E-state index in [9.17, 15) is 17.6 Å². The van der Waals surface area contributed by atoms with Gasteiger partial charge in [-0.3, -0.25) is 4.79 Å². The molecule has 0 saturated heterocycles. The zero-order valence-electron chi connectivity index (χ0n) is 14.5. The number of amides is 1. The molecule has 0 atom stereocenters. The molecule has 26 heavy (non-hydrogen) atoms. The van der Waals surface area contributed by atoms with Gasteiger partial charge in [0.15, 0.2) is 0 Å². The van der Waals surface area contributed by atoms with E-state index in [0.717, 1.165) is 37.3 Å². The Kier molecular flexibility index (Phi) is 6.88. The summed E-state index contributed by atoms with van der Waals surface area (Å²) in [4.78, 5) is 10.1. The standard InChI is InChI=1S/C16H15FO2S.C3H7NO2/c17-14-6-3-7-15(11-14)20(18,19)16-9-8-12-4-1-2-5-13(12)10-16;1-4-3(6)2-5/h3,6-11H,1-2,4-5H2;5H,2H2,1H3,(H,4,6). The number of aryl methyl sites for hydroxylation is 2. The smallest absolute Gasteiger partial charge is 0.245 e. The van der Waals surface area contributed by atoms with Crippen LogP contribution < -0.4 is 5.32 Å². The van der Waals surface area contributed by atoms with Crippen LogP contribution in [0.5, 0.6) is 0 Å². The molecule has 140 valence electrons. The fraction of sp³-hybridized carbons (Fsp3) is 0.316. The van der Waals surface area contributed by atoms with Crippen LogP contribution in [-0.2, 0) is 27.5 Å². The van der Waals surface area contributed by atoms with Crippen molar-refractivity contribution in [1.29, 1.82) is 0 Å². The van der Waals surface area contributed by atoms with Gasteiger partial charge >= 0.3 is 0 Å². The topological polar surface area (TPSA) is 83.5 Å². The third-order valence-corrected chi connectivity index (χ3v) is 5.91. The number of carbonyl (C=O) groups excluding carboxylic acids is 1. The van der Waals surface area contributed by atoms with Gasteiger partial charge in [-0.25, -0.2) is 12.8 Å². The number of fused-ring (bicyclic) bond motifs is 1. The lowest BCUT2D eigenvalue weighted by Crippen LogP contribution is -2.20. The van der Waals surface area contributed by atoms with Crippen molar-refractivity contribution < 1.29 is 22.7 Å². The fourth-order valence-corrected chi connectivity index (χ4v) is 4.07. The van der Waals surface area contributed by atoms with Crippen molar-refractivity contribution in [3.8, 4) is 0 Å². The maximum Gasteiger partial charge on any atom is 0.245 e. The van der Waals surface area contributed by atoms with E-state index in [0.29, 0.717) is 0 Å². The first-order chi connectivity index (χ1) is 12.4. The minimum atomic E-state index is -3.63. The second kappa shape index (κ2) is 8.91. The Morgan fingerprint density at radius 1 is 1.08 bits per heavy atom. The van der Waals surface area contributed by atoms with Crippen molar-refractivity contribution >= 4 is 15.7 Å². The predicted molar refractivity (Wildman–Crippen MR) is 96.1 cm³/mol. The van der Waals surface area contributed by atoms with E-state index in [1.807, 2.05) is 6.07 Å². The average molecular weight is 379 g/mol. The summed E-state index contributed by atoms with van der Waals surface area (Å²) in [5.41, 5.74) is 2.34. The van der Waals surface area contributed by atoms with Gasteiger partial charge in [-0.1, -0.05) is 12.1 Å². The lowest BCUT2D eigenvalue weighted by molar-refractivity contribution is -0.123. The first-order valence-corrected chi connectivity index (χ1v) is 9.80. The number of hydrogen-bond donors (Lipinski definition) is 2. The quantitative estimate of drug-likeness (QED) is 0.857. The zero-order valence-corrected chi connectivity index (χ0v) is 15.4. The molecule has 2 aromatic carbocycles. The third-order valence-electron chi connectivity index (χ3n) is 4.16. The van der Waals surface area contributed by atoms with Crippen molar-refractivity contribution in [2.45, 2.75) is 35.5 Å². The molecule has 0 saturated carbocycles. The second-order valence-corrected chi connectivity index (χ2v) is 7.88. The molecular weight excluding hydrogens is 357 g/mol. The van der Waals surface area contributed by atoms with Crippen molar-refractivity contribution in [2.24, 2.45) is 0 Å². The SMILES string of the molecule is CNC(=O)CO.O=S(=O)(c1cccc(F)c1)c1ccc2c(c1)CCCC2. The first kappa shape index (κ1) is 20.1. The van der Waals surface area contributed by atoms with Gasteiger partial charge < -0.3 is 10.4 Å². The number of aliphatic hydroxyl groups excluding tert-OH is 1. The molecule has 5 nitrogen and oxygen atoms in total. The van der Waals surface area contributed by atoms with Crippen LogP contribution in [0.25, 0.3) is 0 Å². The van der Waals surface area contributed by atoms with Gasteiger partial charge in [0.05, 0.1) is 9.79 Å². The number of hydrogen-bond acceptors (Lipinski definition) is 4. The van der Waals surface area contributed by atoms with Crippen LogP contribution >= 0.6 is 0 Å². The van der Waals surface area contributed by atoms with Gasteiger partial charge in [0.25, 0.3) is 0 Å². The Bertz CT molecular complexity index is 875. The molecule has 0 radical (unpaired) electrons. The second-order valence-electron chi connectivity index (χ2n) is 5.93. The van der Waals surface area contributed by atoms with Crippen LogP contribution in [0.15, 0.2) is 52.3 Å². The number of benzene rings is 2. The summed E-state index contributed by atoms with van der Waals surface area (Å²) in [5, 5.41) is 10.1. The third kappa shape index (κ3) is 4.89. The lowest BCUT2D eigenvalue weighted by atomic mass is 9.92. The van der Waals surface area contributed by atoms with Crippen LogP contribution in [0.4, 0.5) is 4.39 Å². The van der Waals surface area contributed by atoms with Gasteiger partial charge in [-0.05, 0) is 67.1 Å². The molecular formula is C19H22FNO4S. The van der Waals surface area contributed by atoms with E-state index in [-0.39, 0.29) is 15.7 Å². The molecule has 7 heteroatoms.